The molecule has 300 valence electrons. The Balaban J connectivity index is 0.919. The van der Waals surface area contributed by atoms with Gasteiger partial charge in [0.15, 0.2) is 0 Å². The lowest BCUT2D eigenvalue weighted by atomic mass is 9.71. The Hall–Kier alpha value is -1.58. The average Bonchev–Trinajstić information content (AvgIpc) is 3.79. The highest BCUT2D eigenvalue weighted by Crippen LogP contribution is 2.45. The van der Waals surface area contributed by atoms with Gasteiger partial charge in [-0.2, -0.15) is 0 Å². The molecule has 0 aromatic carbocycles. The molecule has 5 saturated heterocycles. The van der Waals surface area contributed by atoms with Gasteiger partial charge in [0.1, 0.15) is 29.9 Å². The zero-order valence-corrected chi connectivity index (χ0v) is 31.9. The summed E-state index contributed by atoms with van der Waals surface area (Å²) in [6.45, 7) is 12.7. The van der Waals surface area contributed by atoms with Crippen molar-refractivity contribution in [3.05, 3.63) is 24.3 Å². The molecule has 4 N–H and O–H groups in total. The van der Waals surface area contributed by atoms with E-state index in [0.717, 1.165) is 43.3 Å². The highest BCUT2D eigenvalue weighted by molar-refractivity contribution is 5.79. The fraction of sp³-hybridized carbons (Fsp3) is 0.854. The molecule has 6 aliphatic rings. The molecule has 5 aliphatic heterocycles. The van der Waals surface area contributed by atoms with Gasteiger partial charge in [-0.3, -0.25) is 9.59 Å². The molecular weight excluding hydrogens is 684 g/mol. The van der Waals surface area contributed by atoms with Crippen molar-refractivity contribution < 1.29 is 58.4 Å². The van der Waals surface area contributed by atoms with E-state index >= 15 is 0 Å². The van der Waals surface area contributed by atoms with Gasteiger partial charge >= 0.3 is 0 Å². The second-order valence-electron chi connectivity index (χ2n) is 17.0. The lowest BCUT2D eigenvalue weighted by Gasteiger charge is -2.46. The molecule has 0 radical (unpaired) electrons. The van der Waals surface area contributed by atoms with Crippen molar-refractivity contribution in [2.75, 3.05) is 20.3 Å². The number of ether oxygens (including phenoxy) is 6. The van der Waals surface area contributed by atoms with Gasteiger partial charge in [-0.1, -0.05) is 20.1 Å². The van der Waals surface area contributed by atoms with E-state index < -0.39 is 36.6 Å². The summed E-state index contributed by atoms with van der Waals surface area (Å²) < 4.78 is 36.4. The molecule has 0 aromatic heterocycles. The smallest absolute Gasteiger partial charge is 0.135 e. The van der Waals surface area contributed by atoms with Gasteiger partial charge in [0.2, 0.25) is 0 Å². The summed E-state index contributed by atoms with van der Waals surface area (Å²) in [4.78, 5) is 26.4. The zero-order chi connectivity index (χ0) is 38.0. The third kappa shape index (κ3) is 9.70. The minimum Gasteiger partial charge on any atom is -0.394 e. The van der Waals surface area contributed by atoms with Crippen LogP contribution in [0.1, 0.15) is 97.3 Å². The molecule has 6 fully saturated rings. The number of ketones is 2. The number of Topliss-reactive ketones (excluding diaryl/α,β-unsaturated/α-hetero) is 2. The van der Waals surface area contributed by atoms with Crippen LogP contribution in [0, 0.1) is 23.7 Å². The summed E-state index contributed by atoms with van der Waals surface area (Å²) in [5, 5.41) is 41.7. The Morgan fingerprint density at radius 2 is 1.66 bits per heavy atom. The third-order valence-electron chi connectivity index (χ3n) is 13.2. The molecule has 0 aromatic rings. The number of hydrogen-bond donors (Lipinski definition) is 4. The van der Waals surface area contributed by atoms with Crippen LogP contribution in [0.4, 0.5) is 0 Å². The molecule has 0 amide bonds. The summed E-state index contributed by atoms with van der Waals surface area (Å²) in [6, 6.07) is 0. The van der Waals surface area contributed by atoms with Crippen LogP contribution < -0.4 is 0 Å². The van der Waals surface area contributed by atoms with E-state index in [1.807, 2.05) is 0 Å². The van der Waals surface area contributed by atoms with Crippen LogP contribution in [-0.4, -0.2) is 132 Å². The molecule has 0 spiro atoms. The van der Waals surface area contributed by atoms with Gasteiger partial charge in [-0.15, -0.1) is 0 Å². The van der Waals surface area contributed by atoms with Crippen molar-refractivity contribution in [2.24, 2.45) is 23.7 Å². The van der Waals surface area contributed by atoms with Crippen LogP contribution in [0.2, 0.25) is 0 Å². The number of aliphatic hydroxyl groups is 4. The van der Waals surface area contributed by atoms with E-state index in [9.17, 15) is 30.0 Å². The summed E-state index contributed by atoms with van der Waals surface area (Å²) in [5.74, 6) is 0.261. The number of carbonyl (C=O) groups is 2. The van der Waals surface area contributed by atoms with Crippen molar-refractivity contribution in [3.63, 3.8) is 0 Å². The first kappa shape index (κ1) is 41.1. The molecule has 17 atom stereocenters. The van der Waals surface area contributed by atoms with Gasteiger partial charge < -0.3 is 48.8 Å². The summed E-state index contributed by atoms with van der Waals surface area (Å²) in [5.41, 5.74) is 2.22. The number of methoxy groups -OCH3 is 1. The molecule has 0 unspecified atom stereocenters. The fourth-order valence-electron chi connectivity index (χ4n) is 10.1. The van der Waals surface area contributed by atoms with E-state index in [1.165, 1.54) is 0 Å². The fourth-order valence-corrected chi connectivity index (χ4v) is 10.1. The van der Waals surface area contributed by atoms with Gasteiger partial charge in [-0.25, -0.2) is 0 Å². The van der Waals surface area contributed by atoms with Crippen LogP contribution >= 0.6 is 0 Å². The number of rotatable bonds is 16. The second-order valence-corrected chi connectivity index (χ2v) is 17.0. The standard InChI is InChI=1S/C41H64O12/c1-21-12-30(50-24(4)23(21)3)9-11-33-22(2)13-31(51-33)8-7-27(43)17-35-38(47)41-40(53-35)37(46)32-15-25(6-10-34(32)52-41)14-28(44)16-26-20-49-36(39(26)48-5)18-29(45)19-42/h21,24-26,29-42,45-47H,2-3,6-20H2,1,4-5H3/t21-,24-,25-,26+,29+,30+,31+,32+,33+,34+,35-,36-,37+,38+,39-,40+,41+/m1/s1. The second kappa shape index (κ2) is 18.1. The van der Waals surface area contributed by atoms with Gasteiger partial charge in [0.25, 0.3) is 0 Å². The lowest BCUT2D eigenvalue weighted by molar-refractivity contribution is -0.208. The monoisotopic (exact) mass is 748 g/mol. The SMILES string of the molecule is C=C1C[C@H](CCC(=O)C[C@H]2O[C@H]3[C@@H](O)[C@H]4C[C@@H](CC(=O)C[C@H]5CO[C@H](C[C@H](O)CO)[C@@H]5OC)CC[C@@H]4O[C@H]3[C@H]2O)O[C@H]1CC[C@H]1C[C@@H](C)C(=C)[C@@H](C)O1. The molecular formula is C41H64O12. The molecule has 0 bridgehead atoms. The number of aliphatic hydroxyl groups excluding tert-OH is 4. The average molecular weight is 749 g/mol. The van der Waals surface area contributed by atoms with Crippen LogP contribution in [-0.2, 0) is 38.0 Å². The molecule has 6 rings (SSSR count). The van der Waals surface area contributed by atoms with E-state index in [2.05, 4.69) is 27.0 Å². The Labute approximate surface area is 314 Å². The quantitative estimate of drug-likeness (QED) is 0.170. The molecule has 12 nitrogen and oxygen atoms in total. The molecule has 12 heteroatoms. The van der Waals surface area contributed by atoms with E-state index in [4.69, 9.17) is 28.4 Å². The highest BCUT2D eigenvalue weighted by Gasteiger charge is 2.56. The Bertz CT molecular complexity index is 1280. The van der Waals surface area contributed by atoms with Gasteiger partial charge in [0.05, 0.1) is 74.3 Å². The minimum atomic E-state index is -1.01. The minimum absolute atomic E-state index is 0.0195. The van der Waals surface area contributed by atoms with Crippen molar-refractivity contribution in [1.29, 1.82) is 0 Å². The molecule has 1 aliphatic carbocycles. The van der Waals surface area contributed by atoms with Gasteiger partial charge in [-0.05, 0) is 81.3 Å². The highest BCUT2D eigenvalue weighted by atomic mass is 16.6. The maximum Gasteiger partial charge on any atom is 0.135 e. The first-order chi connectivity index (χ1) is 25.3. The zero-order valence-electron chi connectivity index (χ0n) is 31.9. The van der Waals surface area contributed by atoms with Crippen molar-refractivity contribution >= 4 is 11.6 Å². The van der Waals surface area contributed by atoms with Crippen molar-refractivity contribution in [3.8, 4) is 0 Å². The number of carbonyl (C=O) groups excluding carboxylic acids is 2. The largest absolute Gasteiger partial charge is 0.394 e. The third-order valence-corrected chi connectivity index (χ3v) is 13.2. The predicted molar refractivity (Wildman–Crippen MR) is 194 cm³/mol. The predicted octanol–water partition coefficient (Wildman–Crippen LogP) is 3.38. The van der Waals surface area contributed by atoms with Crippen molar-refractivity contribution in [1.82, 2.24) is 0 Å². The normalized spacial score (nSPS) is 43.5. The molecule has 5 heterocycles. The Kier molecular flexibility index (Phi) is 14.0. The maximum atomic E-state index is 13.2. The van der Waals surface area contributed by atoms with Crippen LogP contribution in [0.15, 0.2) is 24.3 Å². The van der Waals surface area contributed by atoms with E-state index in [-0.39, 0.29) is 91.5 Å². The first-order valence-corrected chi connectivity index (χ1v) is 20.2. The van der Waals surface area contributed by atoms with E-state index in [0.29, 0.717) is 51.0 Å². The summed E-state index contributed by atoms with van der Waals surface area (Å²) in [6.07, 6.45) is 1.59. The van der Waals surface area contributed by atoms with E-state index in [1.54, 1.807) is 7.11 Å². The maximum absolute atomic E-state index is 13.2. The Morgan fingerprint density at radius 1 is 0.887 bits per heavy atom. The topological polar surface area (TPSA) is 170 Å². The summed E-state index contributed by atoms with van der Waals surface area (Å²) in [7, 11) is 1.57. The van der Waals surface area contributed by atoms with Crippen LogP contribution in [0.3, 0.4) is 0 Å². The lowest BCUT2D eigenvalue weighted by Crippen LogP contribution is -2.56. The Morgan fingerprint density at radius 3 is 2.40 bits per heavy atom. The number of hydrogen-bond acceptors (Lipinski definition) is 12. The summed E-state index contributed by atoms with van der Waals surface area (Å²) >= 11 is 0. The van der Waals surface area contributed by atoms with Crippen LogP contribution in [0.25, 0.3) is 0 Å². The molecule has 1 saturated carbocycles. The van der Waals surface area contributed by atoms with Gasteiger partial charge in [0, 0.05) is 51.0 Å². The van der Waals surface area contributed by atoms with Crippen LogP contribution in [0.5, 0.6) is 0 Å². The number of fused-ring (bicyclic) bond motifs is 2. The van der Waals surface area contributed by atoms with Crippen molar-refractivity contribution in [2.45, 2.75) is 177 Å². The first-order valence-electron chi connectivity index (χ1n) is 20.2. The molecule has 53 heavy (non-hydrogen) atoms.